The van der Waals surface area contributed by atoms with E-state index >= 15 is 0 Å². The maximum atomic E-state index is 12.7. The Hall–Kier alpha value is -2.70. The van der Waals surface area contributed by atoms with Crippen molar-refractivity contribution in [2.75, 3.05) is 12.4 Å². The van der Waals surface area contributed by atoms with E-state index in [1.807, 2.05) is 42.5 Å². The number of nitrogens with zero attached hydrogens (tertiary/aromatic N) is 1. The first kappa shape index (κ1) is 17.7. The van der Waals surface area contributed by atoms with E-state index < -0.39 is 0 Å². The van der Waals surface area contributed by atoms with Crippen molar-refractivity contribution in [2.24, 2.45) is 0 Å². The minimum atomic E-state index is -0.178. The number of hydrogen-bond donors (Lipinski definition) is 1. The number of thiazole rings is 1. The molecule has 3 aromatic carbocycles. The number of anilines is 1. The number of amides is 1. The lowest BCUT2D eigenvalue weighted by Gasteiger charge is -2.10. The van der Waals surface area contributed by atoms with E-state index in [1.54, 1.807) is 42.7 Å². The number of para-hydroxylation sites is 1. The van der Waals surface area contributed by atoms with Gasteiger partial charge in [0.25, 0.3) is 5.91 Å². The van der Waals surface area contributed by atoms with E-state index in [0.717, 1.165) is 30.9 Å². The first-order valence-corrected chi connectivity index (χ1v) is 9.86. The number of hydrogen-bond acceptors (Lipinski definition) is 4. The molecular weight excluding hydrogens is 424 g/mol. The Bertz CT molecular complexity index is 1090. The molecule has 6 heteroatoms. The van der Waals surface area contributed by atoms with Crippen LogP contribution in [-0.4, -0.2) is 18.0 Å². The highest BCUT2D eigenvalue weighted by atomic mass is 79.9. The molecule has 0 spiro atoms. The molecule has 0 aliphatic carbocycles. The fourth-order valence-corrected chi connectivity index (χ4v) is 4.08. The summed E-state index contributed by atoms with van der Waals surface area (Å²) in [5, 5.41) is 3.86. The summed E-state index contributed by atoms with van der Waals surface area (Å²) in [5.41, 5.74) is 3.12. The van der Waals surface area contributed by atoms with Crippen molar-refractivity contribution >= 4 is 49.1 Å². The largest absolute Gasteiger partial charge is 0.497 e. The lowest BCUT2D eigenvalue weighted by atomic mass is 10.1. The molecule has 4 rings (SSSR count). The molecule has 1 N–H and O–H groups in total. The Balaban J connectivity index is 1.69. The van der Waals surface area contributed by atoms with Crippen molar-refractivity contribution in [2.45, 2.75) is 0 Å². The van der Waals surface area contributed by atoms with Gasteiger partial charge in [-0.25, -0.2) is 4.98 Å². The Morgan fingerprint density at radius 2 is 1.85 bits per heavy atom. The summed E-state index contributed by atoms with van der Waals surface area (Å²) < 4.78 is 7.18. The molecule has 0 saturated heterocycles. The second kappa shape index (κ2) is 7.50. The van der Waals surface area contributed by atoms with Crippen molar-refractivity contribution in [3.63, 3.8) is 0 Å². The normalized spacial score (nSPS) is 10.7. The molecule has 0 unspecified atom stereocenters. The minimum Gasteiger partial charge on any atom is -0.497 e. The van der Waals surface area contributed by atoms with Gasteiger partial charge in [-0.05, 0) is 54.6 Å². The third-order valence-corrected chi connectivity index (χ3v) is 5.67. The monoisotopic (exact) mass is 438 g/mol. The predicted octanol–water partition coefficient (Wildman–Crippen LogP) is 5.99. The summed E-state index contributed by atoms with van der Waals surface area (Å²) in [4.78, 5) is 17.4. The molecule has 0 bridgehead atoms. The van der Waals surface area contributed by atoms with Crippen molar-refractivity contribution in [1.82, 2.24) is 4.98 Å². The molecule has 0 radical (unpaired) electrons. The molecule has 0 aliphatic rings. The Morgan fingerprint density at radius 1 is 1.07 bits per heavy atom. The molecular formula is C21H15BrN2O2S. The molecule has 4 nitrogen and oxygen atoms in total. The zero-order chi connectivity index (χ0) is 18.8. The lowest BCUT2D eigenvalue weighted by Crippen LogP contribution is -2.12. The number of rotatable bonds is 4. The summed E-state index contributed by atoms with van der Waals surface area (Å²) >= 11 is 5.12. The van der Waals surface area contributed by atoms with Crippen LogP contribution in [0.1, 0.15) is 10.4 Å². The number of ether oxygens (including phenoxy) is 1. The zero-order valence-electron chi connectivity index (χ0n) is 14.4. The van der Waals surface area contributed by atoms with E-state index in [9.17, 15) is 4.79 Å². The van der Waals surface area contributed by atoms with Crippen LogP contribution in [0.5, 0.6) is 5.75 Å². The summed E-state index contributed by atoms with van der Waals surface area (Å²) in [7, 11) is 1.60. The van der Waals surface area contributed by atoms with Crippen LogP contribution in [0.15, 0.2) is 71.2 Å². The number of carbonyl (C=O) groups is 1. The summed E-state index contributed by atoms with van der Waals surface area (Å²) in [6, 6.07) is 20.8. The first-order valence-electron chi connectivity index (χ1n) is 8.25. The van der Waals surface area contributed by atoms with Crippen LogP contribution in [-0.2, 0) is 0 Å². The summed E-state index contributed by atoms with van der Waals surface area (Å²) in [5.74, 6) is 0.535. The van der Waals surface area contributed by atoms with E-state index in [2.05, 4.69) is 21.2 Å². The second-order valence-electron chi connectivity index (χ2n) is 5.86. The summed E-state index contributed by atoms with van der Waals surface area (Å²) in [6.07, 6.45) is 0. The van der Waals surface area contributed by atoms with E-state index in [0.29, 0.717) is 11.3 Å². The number of aromatic nitrogens is 1. The number of fused-ring (bicyclic) bond motifs is 1. The van der Waals surface area contributed by atoms with Gasteiger partial charge in [-0.1, -0.05) is 28.1 Å². The molecule has 1 amide bonds. The third-order valence-electron chi connectivity index (χ3n) is 4.11. The third kappa shape index (κ3) is 3.72. The smallest absolute Gasteiger partial charge is 0.255 e. The highest BCUT2D eigenvalue weighted by Gasteiger charge is 2.14. The van der Waals surface area contributed by atoms with Crippen LogP contribution >= 0.6 is 27.3 Å². The lowest BCUT2D eigenvalue weighted by molar-refractivity contribution is 0.102. The molecule has 4 aromatic rings. The van der Waals surface area contributed by atoms with Gasteiger partial charge in [0.2, 0.25) is 0 Å². The van der Waals surface area contributed by atoms with Crippen LogP contribution < -0.4 is 10.1 Å². The van der Waals surface area contributed by atoms with E-state index in [4.69, 9.17) is 9.72 Å². The quantitative estimate of drug-likeness (QED) is 0.425. The number of carbonyl (C=O) groups excluding carboxylic acids is 1. The molecule has 1 aromatic heterocycles. The number of benzene rings is 3. The van der Waals surface area contributed by atoms with Gasteiger partial charge in [0.1, 0.15) is 10.8 Å². The van der Waals surface area contributed by atoms with Gasteiger partial charge in [0, 0.05) is 15.6 Å². The molecule has 0 aliphatic heterocycles. The molecule has 0 fully saturated rings. The van der Waals surface area contributed by atoms with Gasteiger partial charge in [-0.2, -0.15) is 0 Å². The fraction of sp³-hybridized carbons (Fsp3) is 0.0476. The van der Waals surface area contributed by atoms with Gasteiger partial charge >= 0.3 is 0 Å². The van der Waals surface area contributed by atoms with Gasteiger partial charge in [-0.3, -0.25) is 4.79 Å². The van der Waals surface area contributed by atoms with Gasteiger partial charge < -0.3 is 10.1 Å². The highest BCUT2D eigenvalue weighted by molar-refractivity contribution is 9.10. The maximum Gasteiger partial charge on any atom is 0.255 e. The SMILES string of the molecule is COc1ccc(C(=O)Nc2ccc(Br)cc2-c2nc3ccccc3s2)cc1. The minimum absolute atomic E-state index is 0.178. The Kier molecular flexibility index (Phi) is 4.92. The number of nitrogens with one attached hydrogen (secondary N) is 1. The van der Waals surface area contributed by atoms with E-state index in [-0.39, 0.29) is 5.91 Å². The number of methoxy groups -OCH3 is 1. The maximum absolute atomic E-state index is 12.7. The average molecular weight is 439 g/mol. The van der Waals surface area contributed by atoms with Crippen molar-refractivity contribution in [3.05, 3.63) is 76.8 Å². The molecule has 134 valence electrons. The summed E-state index contributed by atoms with van der Waals surface area (Å²) in [6.45, 7) is 0. The van der Waals surface area contributed by atoms with E-state index in [1.165, 1.54) is 0 Å². The number of halogens is 1. The standard InChI is InChI=1S/C21H15BrN2O2S/c1-26-15-9-6-13(7-10-15)20(25)23-17-11-8-14(22)12-16(17)21-24-18-4-2-3-5-19(18)27-21/h2-12H,1H3,(H,23,25). The molecule has 27 heavy (non-hydrogen) atoms. The zero-order valence-corrected chi connectivity index (χ0v) is 16.8. The van der Waals surface area contributed by atoms with Crippen LogP contribution in [0, 0.1) is 0 Å². The average Bonchev–Trinajstić information content (AvgIpc) is 3.13. The predicted molar refractivity (Wildman–Crippen MR) is 114 cm³/mol. The van der Waals surface area contributed by atoms with Crippen molar-refractivity contribution < 1.29 is 9.53 Å². The van der Waals surface area contributed by atoms with Gasteiger partial charge in [0.05, 0.1) is 23.0 Å². The van der Waals surface area contributed by atoms with Crippen molar-refractivity contribution in [1.29, 1.82) is 0 Å². The molecule has 0 atom stereocenters. The first-order chi connectivity index (χ1) is 13.1. The second-order valence-corrected chi connectivity index (χ2v) is 7.81. The molecule has 0 saturated carbocycles. The van der Waals surface area contributed by atoms with Crippen LogP contribution in [0.3, 0.4) is 0 Å². The van der Waals surface area contributed by atoms with Crippen LogP contribution in [0.25, 0.3) is 20.8 Å². The molecule has 1 heterocycles. The Labute approximate surface area is 169 Å². The van der Waals surface area contributed by atoms with Crippen molar-refractivity contribution in [3.8, 4) is 16.3 Å². The fourth-order valence-electron chi connectivity index (χ4n) is 2.73. The van der Waals surface area contributed by atoms with Crippen LogP contribution in [0.4, 0.5) is 5.69 Å². The van der Waals surface area contributed by atoms with Gasteiger partial charge in [0.15, 0.2) is 0 Å². The Morgan fingerprint density at radius 3 is 2.59 bits per heavy atom. The van der Waals surface area contributed by atoms with Crippen LogP contribution in [0.2, 0.25) is 0 Å². The topological polar surface area (TPSA) is 51.2 Å². The van der Waals surface area contributed by atoms with Gasteiger partial charge in [-0.15, -0.1) is 11.3 Å². The highest BCUT2D eigenvalue weighted by Crippen LogP contribution is 2.36.